The van der Waals surface area contributed by atoms with Crippen LogP contribution in [0.4, 0.5) is 5.69 Å². The quantitative estimate of drug-likeness (QED) is 0.615. The van der Waals surface area contributed by atoms with Gasteiger partial charge < -0.3 is 15.4 Å². The van der Waals surface area contributed by atoms with Crippen LogP contribution in [0.1, 0.15) is 34.8 Å². The van der Waals surface area contributed by atoms with Gasteiger partial charge in [-0.2, -0.15) is 0 Å². The Morgan fingerprint density at radius 1 is 0.893 bits per heavy atom. The molecule has 28 heavy (non-hydrogen) atoms. The second kappa shape index (κ2) is 7.77. The Kier molecular flexibility index (Phi) is 5.02. The number of benzene rings is 3. The fourth-order valence-electron chi connectivity index (χ4n) is 3.54. The number of para-hydroxylation sites is 1. The van der Waals surface area contributed by atoms with E-state index < -0.39 is 5.66 Å². The van der Waals surface area contributed by atoms with E-state index in [2.05, 4.69) is 34.9 Å². The summed E-state index contributed by atoms with van der Waals surface area (Å²) in [5.74, 6) is 0.729. The van der Waals surface area contributed by atoms with Crippen molar-refractivity contribution in [1.29, 1.82) is 0 Å². The van der Waals surface area contributed by atoms with E-state index >= 15 is 0 Å². The van der Waals surface area contributed by atoms with Crippen LogP contribution in [0, 0.1) is 0 Å². The van der Waals surface area contributed by atoms with Crippen LogP contribution in [-0.2, 0) is 12.1 Å². The fraction of sp³-hybridized carbons (Fsp3) is 0.208. The van der Waals surface area contributed by atoms with E-state index in [4.69, 9.17) is 4.74 Å². The van der Waals surface area contributed by atoms with Crippen molar-refractivity contribution in [2.45, 2.75) is 25.4 Å². The molecule has 1 aliphatic rings. The number of carbonyl (C=O) groups excluding carboxylic acids is 1. The lowest BCUT2D eigenvalue weighted by molar-refractivity contribution is 0.0906. The number of hydrogen-bond acceptors (Lipinski definition) is 3. The van der Waals surface area contributed by atoms with Crippen LogP contribution in [0.2, 0.25) is 0 Å². The molecule has 1 aliphatic heterocycles. The Labute approximate surface area is 165 Å². The lowest BCUT2D eigenvalue weighted by Gasteiger charge is -2.38. The zero-order valence-electron chi connectivity index (χ0n) is 15.9. The smallest absolute Gasteiger partial charge is 0.255 e. The Morgan fingerprint density at radius 3 is 2.54 bits per heavy atom. The van der Waals surface area contributed by atoms with Crippen LogP contribution in [0.3, 0.4) is 0 Å². The molecule has 0 aliphatic carbocycles. The first-order valence-corrected chi connectivity index (χ1v) is 9.61. The van der Waals surface area contributed by atoms with Crippen molar-refractivity contribution >= 4 is 11.6 Å². The van der Waals surface area contributed by atoms with Gasteiger partial charge in [0.25, 0.3) is 5.91 Å². The lowest BCUT2D eigenvalue weighted by atomic mass is 9.96. The second-order valence-corrected chi connectivity index (χ2v) is 7.22. The molecule has 1 amide bonds. The summed E-state index contributed by atoms with van der Waals surface area (Å²) in [5.41, 5.74) is 3.08. The molecule has 0 radical (unpaired) electrons. The van der Waals surface area contributed by atoms with Crippen LogP contribution in [-0.4, -0.2) is 12.5 Å². The van der Waals surface area contributed by atoms with Crippen LogP contribution in [0.25, 0.3) is 0 Å². The van der Waals surface area contributed by atoms with Gasteiger partial charge >= 0.3 is 0 Å². The Morgan fingerprint density at radius 2 is 1.68 bits per heavy atom. The third kappa shape index (κ3) is 3.86. The summed E-state index contributed by atoms with van der Waals surface area (Å²) in [6, 6.07) is 25.9. The van der Waals surface area contributed by atoms with Crippen molar-refractivity contribution in [2.75, 3.05) is 11.9 Å². The first-order valence-electron chi connectivity index (χ1n) is 9.61. The zero-order valence-corrected chi connectivity index (χ0v) is 15.9. The number of anilines is 1. The van der Waals surface area contributed by atoms with E-state index in [9.17, 15) is 4.79 Å². The van der Waals surface area contributed by atoms with E-state index in [1.54, 1.807) is 0 Å². The summed E-state index contributed by atoms with van der Waals surface area (Å²) < 4.78 is 5.96. The first-order chi connectivity index (χ1) is 13.6. The molecule has 0 fully saturated rings. The molecular weight excluding hydrogens is 348 g/mol. The number of hydrogen-bond donors (Lipinski definition) is 2. The van der Waals surface area contributed by atoms with Gasteiger partial charge in [-0.1, -0.05) is 54.6 Å². The van der Waals surface area contributed by atoms with Gasteiger partial charge in [-0.25, -0.2) is 0 Å². The maximum absolute atomic E-state index is 12.5. The van der Waals surface area contributed by atoms with Crippen LogP contribution < -0.4 is 15.4 Å². The van der Waals surface area contributed by atoms with Gasteiger partial charge in [0.15, 0.2) is 0 Å². The average molecular weight is 372 g/mol. The van der Waals surface area contributed by atoms with Crippen molar-refractivity contribution in [2.24, 2.45) is 0 Å². The minimum absolute atomic E-state index is 0.0777. The summed E-state index contributed by atoms with van der Waals surface area (Å²) in [7, 11) is 0. The molecule has 0 saturated heterocycles. The predicted molar refractivity (Wildman–Crippen MR) is 112 cm³/mol. The van der Waals surface area contributed by atoms with Crippen LogP contribution in [0.5, 0.6) is 5.75 Å². The average Bonchev–Trinajstić information content (AvgIpc) is 2.72. The number of ether oxygens (including phenoxy) is 1. The Bertz CT molecular complexity index is 971. The molecule has 1 atom stereocenters. The maximum atomic E-state index is 12.5. The zero-order chi connectivity index (χ0) is 19.4. The minimum Gasteiger partial charge on any atom is -0.494 e. The van der Waals surface area contributed by atoms with Crippen LogP contribution >= 0.6 is 0 Å². The summed E-state index contributed by atoms with van der Waals surface area (Å²) in [4.78, 5) is 12.5. The monoisotopic (exact) mass is 372 g/mol. The highest BCUT2D eigenvalue weighted by Gasteiger charge is 2.34. The fourth-order valence-corrected chi connectivity index (χ4v) is 3.54. The highest BCUT2D eigenvalue weighted by Crippen LogP contribution is 2.32. The molecule has 0 bridgehead atoms. The molecule has 142 valence electrons. The van der Waals surface area contributed by atoms with Gasteiger partial charge in [0.05, 0.1) is 12.2 Å². The normalized spacial score (nSPS) is 18.0. The molecule has 4 heteroatoms. The summed E-state index contributed by atoms with van der Waals surface area (Å²) in [6.45, 7) is 2.62. The third-order valence-electron chi connectivity index (χ3n) is 5.05. The molecule has 3 aromatic carbocycles. The summed E-state index contributed by atoms with van der Waals surface area (Å²) in [6.07, 6.45) is 1.94. The molecular formula is C24H24N2O2. The van der Waals surface area contributed by atoms with E-state index in [1.807, 2.05) is 61.5 Å². The number of carbonyl (C=O) groups is 1. The molecule has 1 unspecified atom stereocenters. The number of fused-ring (bicyclic) bond motifs is 1. The summed E-state index contributed by atoms with van der Waals surface area (Å²) in [5, 5.41) is 6.52. The predicted octanol–water partition coefficient (Wildman–Crippen LogP) is 4.73. The van der Waals surface area contributed by atoms with Crippen molar-refractivity contribution < 1.29 is 9.53 Å². The summed E-state index contributed by atoms with van der Waals surface area (Å²) >= 11 is 0. The highest BCUT2D eigenvalue weighted by molar-refractivity contribution is 6.02. The van der Waals surface area contributed by atoms with Gasteiger partial charge in [0.1, 0.15) is 11.4 Å². The van der Waals surface area contributed by atoms with Crippen molar-refractivity contribution in [3.05, 3.63) is 95.6 Å². The topological polar surface area (TPSA) is 50.4 Å². The number of nitrogens with one attached hydrogen (secondary N) is 2. The SMILES string of the molecule is CC1(c2cccc(OCCCc3ccccc3)c2)NC(=O)c2ccccc2N1. The molecule has 2 N–H and O–H groups in total. The standard InChI is InChI=1S/C24H24N2O2/c1-24(25-22-15-6-5-14-21(22)23(27)26-24)19-12-7-13-20(17-19)28-16-8-11-18-9-3-2-4-10-18/h2-7,9-10,12-15,17,25H,8,11,16H2,1H3,(H,26,27). The van der Waals surface area contributed by atoms with Gasteiger partial charge in [-0.15, -0.1) is 0 Å². The lowest BCUT2D eigenvalue weighted by Crippen LogP contribution is -2.52. The van der Waals surface area contributed by atoms with Gasteiger partial charge in [0, 0.05) is 11.3 Å². The third-order valence-corrected chi connectivity index (χ3v) is 5.05. The van der Waals surface area contributed by atoms with Gasteiger partial charge in [-0.05, 0) is 49.6 Å². The molecule has 0 saturated carbocycles. The highest BCUT2D eigenvalue weighted by atomic mass is 16.5. The Hall–Kier alpha value is -3.27. The Balaban J connectivity index is 1.43. The van der Waals surface area contributed by atoms with Gasteiger partial charge in [-0.3, -0.25) is 4.79 Å². The van der Waals surface area contributed by atoms with Crippen molar-refractivity contribution in [1.82, 2.24) is 5.32 Å². The largest absolute Gasteiger partial charge is 0.494 e. The molecule has 0 aromatic heterocycles. The molecule has 4 rings (SSSR count). The maximum Gasteiger partial charge on any atom is 0.255 e. The molecule has 3 aromatic rings. The van der Waals surface area contributed by atoms with Crippen molar-refractivity contribution in [3.8, 4) is 5.75 Å². The first kappa shape index (κ1) is 18.1. The molecule has 1 heterocycles. The van der Waals surface area contributed by atoms with E-state index in [0.717, 1.165) is 29.8 Å². The number of aryl methyl sites for hydroxylation is 1. The number of amides is 1. The number of rotatable bonds is 6. The minimum atomic E-state index is -0.686. The molecule has 0 spiro atoms. The van der Waals surface area contributed by atoms with E-state index in [1.165, 1.54) is 5.56 Å². The second-order valence-electron chi connectivity index (χ2n) is 7.22. The van der Waals surface area contributed by atoms with E-state index in [-0.39, 0.29) is 5.91 Å². The molecule has 4 nitrogen and oxygen atoms in total. The van der Waals surface area contributed by atoms with Crippen molar-refractivity contribution in [3.63, 3.8) is 0 Å². The van der Waals surface area contributed by atoms with E-state index in [0.29, 0.717) is 12.2 Å². The van der Waals surface area contributed by atoms with Crippen LogP contribution in [0.15, 0.2) is 78.9 Å². The van der Waals surface area contributed by atoms with Gasteiger partial charge in [0.2, 0.25) is 0 Å².